The van der Waals surface area contributed by atoms with Crippen molar-refractivity contribution in [3.05, 3.63) is 83.6 Å². The minimum atomic E-state index is -3.25. The molecule has 3 aromatic rings. The summed E-state index contributed by atoms with van der Waals surface area (Å²) in [5.74, 6) is 0.196. The van der Waals surface area contributed by atoms with Crippen LogP contribution in [-0.2, 0) is 24.4 Å². The number of aliphatic hydroxyl groups excluding tert-OH is 1. The number of pyridine rings is 1. The van der Waals surface area contributed by atoms with Crippen LogP contribution < -0.4 is 14.4 Å². The van der Waals surface area contributed by atoms with Gasteiger partial charge in [-0.05, 0) is 67.3 Å². The second-order valence-corrected chi connectivity index (χ2v) is 8.97. The lowest BCUT2D eigenvalue weighted by Crippen LogP contribution is -2.37. The van der Waals surface area contributed by atoms with E-state index in [-0.39, 0.29) is 12.4 Å². The monoisotopic (exact) mass is 500 g/mol. The average molecular weight is 501 g/mol. The molecule has 1 heterocycles. The number of benzene rings is 2. The van der Waals surface area contributed by atoms with Crippen molar-refractivity contribution in [2.45, 2.75) is 52.1 Å². The van der Waals surface area contributed by atoms with Gasteiger partial charge in [0.2, 0.25) is 0 Å². The number of ether oxygens (including phenoxy) is 2. The number of alkyl halides is 2. The maximum atomic E-state index is 13.1. The predicted molar refractivity (Wildman–Crippen MR) is 131 cm³/mol. The standard InChI is InChI=1S/C27H30F2N2O5/c1-26(2,25(33)34)35-22-9-4-19(5-10-22)14-15-31(24-13-8-21(18-32)16-30-24)17-20-6-11-23(12-7-20)36-27(3,28)29/h4-13,16,32H,14-15,17-18H2,1-3H3,(H,33,34). The molecule has 192 valence electrons. The number of rotatable bonds is 12. The Balaban J connectivity index is 1.72. The summed E-state index contributed by atoms with van der Waals surface area (Å²) in [6.45, 7) is 4.63. The fourth-order valence-corrected chi connectivity index (χ4v) is 3.39. The van der Waals surface area contributed by atoms with Gasteiger partial charge in [0.1, 0.15) is 17.3 Å². The number of carboxylic acid groups (broad SMARTS) is 1. The SMILES string of the molecule is CC(F)(F)Oc1ccc(CN(CCc2ccc(OC(C)(C)C(=O)O)cc2)c2ccc(CO)cn2)cc1. The van der Waals surface area contributed by atoms with E-state index in [0.29, 0.717) is 43.6 Å². The van der Waals surface area contributed by atoms with Crippen LogP contribution in [-0.4, -0.2) is 39.4 Å². The number of aromatic nitrogens is 1. The molecule has 0 fully saturated rings. The Bertz CT molecular complexity index is 1130. The second-order valence-electron chi connectivity index (χ2n) is 8.97. The first-order chi connectivity index (χ1) is 16.9. The summed E-state index contributed by atoms with van der Waals surface area (Å²) in [5, 5.41) is 18.6. The molecule has 0 saturated carbocycles. The van der Waals surface area contributed by atoms with Crippen molar-refractivity contribution >= 4 is 11.8 Å². The van der Waals surface area contributed by atoms with E-state index in [9.17, 15) is 23.8 Å². The number of aliphatic hydroxyl groups is 1. The molecular formula is C27H30F2N2O5. The molecule has 36 heavy (non-hydrogen) atoms. The maximum absolute atomic E-state index is 13.1. The minimum Gasteiger partial charge on any atom is -0.478 e. The van der Waals surface area contributed by atoms with Crippen LogP contribution in [0.2, 0.25) is 0 Å². The molecule has 0 amide bonds. The number of aliphatic carboxylic acids is 1. The van der Waals surface area contributed by atoms with Gasteiger partial charge in [0.25, 0.3) is 0 Å². The zero-order chi connectivity index (χ0) is 26.3. The first-order valence-corrected chi connectivity index (χ1v) is 11.4. The van der Waals surface area contributed by atoms with Crippen molar-refractivity contribution in [3.63, 3.8) is 0 Å². The molecule has 2 aromatic carbocycles. The third-order valence-electron chi connectivity index (χ3n) is 5.39. The lowest BCUT2D eigenvalue weighted by molar-refractivity contribution is -0.159. The van der Waals surface area contributed by atoms with Gasteiger partial charge in [-0.25, -0.2) is 9.78 Å². The minimum absolute atomic E-state index is 0.0802. The van der Waals surface area contributed by atoms with Crippen LogP contribution in [0.15, 0.2) is 66.9 Å². The van der Waals surface area contributed by atoms with Crippen LogP contribution >= 0.6 is 0 Å². The lowest BCUT2D eigenvalue weighted by atomic mass is 10.1. The van der Waals surface area contributed by atoms with Gasteiger partial charge in [-0.2, -0.15) is 8.78 Å². The van der Waals surface area contributed by atoms with E-state index >= 15 is 0 Å². The largest absolute Gasteiger partial charge is 0.478 e. The fourth-order valence-electron chi connectivity index (χ4n) is 3.39. The Kier molecular flexibility index (Phi) is 8.47. The van der Waals surface area contributed by atoms with Crippen LogP contribution in [0, 0.1) is 0 Å². The molecule has 0 saturated heterocycles. The zero-order valence-corrected chi connectivity index (χ0v) is 20.4. The molecule has 0 aliphatic rings. The van der Waals surface area contributed by atoms with E-state index in [1.165, 1.54) is 26.0 Å². The number of anilines is 1. The molecule has 9 heteroatoms. The number of nitrogens with zero attached hydrogens (tertiary/aromatic N) is 2. The van der Waals surface area contributed by atoms with Gasteiger partial charge in [-0.1, -0.05) is 30.3 Å². The van der Waals surface area contributed by atoms with E-state index in [1.807, 2.05) is 23.1 Å². The summed E-state index contributed by atoms with van der Waals surface area (Å²) >= 11 is 0. The highest BCUT2D eigenvalue weighted by Gasteiger charge is 2.29. The summed E-state index contributed by atoms with van der Waals surface area (Å²) in [6.07, 6.45) is -0.982. The molecule has 0 spiro atoms. The van der Waals surface area contributed by atoms with Crippen molar-refractivity contribution in [2.75, 3.05) is 11.4 Å². The smallest absolute Gasteiger partial charge is 0.394 e. The van der Waals surface area contributed by atoms with Crippen molar-refractivity contribution < 1.29 is 33.3 Å². The molecule has 3 rings (SSSR count). The van der Waals surface area contributed by atoms with Crippen LogP contribution in [0.4, 0.5) is 14.6 Å². The average Bonchev–Trinajstić information content (AvgIpc) is 2.82. The van der Waals surface area contributed by atoms with E-state index in [1.54, 1.807) is 36.5 Å². The van der Waals surface area contributed by atoms with Crippen LogP contribution in [0.5, 0.6) is 11.5 Å². The summed E-state index contributed by atoms with van der Waals surface area (Å²) in [6, 6.07) is 17.3. The van der Waals surface area contributed by atoms with Gasteiger partial charge in [0.15, 0.2) is 5.60 Å². The van der Waals surface area contributed by atoms with Gasteiger partial charge < -0.3 is 24.6 Å². The number of halogens is 2. The summed E-state index contributed by atoms with van der Waals surface area (Å²) in [4.78, 5) is 17.8. The van der Waals surface area contributed by atoms with Crippen LogP contribution in [0.25, 0.3) is 0 Å². The lowest BCUT2D eigenvalue weighted by Gasteiger charge is -2.25. The van der Waals surface area contributed by atoms with Gasteiger partial charge >= 0.3 is 12.1 Å². The molecule has 0 atom stereocenters. The third kappa shape index (κ3) is 7.91. The number of hydrogen-bond donors (Lipinski definition) is 2. The van der Waals surface area contributed by atoms with Gasteiger partial charge in [-0.3, -0.25) is 0 Å². The van der Waals surface area contributed by atoms with E-state index in [4.69, 9.17) is 4.74 Å². The zero-order valence-electron chi connectivity index (χ0n) is 20.4. The molecule has 0 radical (unpaired) electrons. The first kappa shape index (κ1) is 26.9. The molecule has 0 aliphatic heterocycles. The topological polar surface area (TPSA) is 92.1 Å². The van der Waals surface area contributed by atoms with E-state index in [0.717, 1.165) is 11.1 Å². The molecule has 0 aliphatic carbocycles. The number of carboxylic acids is 1. The van der Waals surface area contributed by atoms with Gasteiger partial charge in [-0.15, -0.1) is 0 Å². The Morgan fingerprint density at radius 1 is 0.889 bits per heavy atom. The van der Waals surface area contributed by atoms with E-state index in [2.05, 4.69) is 9.72 Å². The Morgan fingerprint density at radius 2 is 1.44 bits per heavy atom. The quantitative estimate of drug-likeness (QED) is 0.359. The second kappa shape index (κ2) is 11.3. The van der Waals surface area contributed by atoms with Crippen LogP contribution in [0.3, 0.4) is 0 Å². The highest BCUT2D eigenvalue weighted by atomic mass is 19.3. The highest BCUT2D eigenvalue weighted by molar-refractivity contribution is 5.76. The van der Waals surface area contributed by atoms with Crippen LogP contribution in [0.1, 0.15) is 37.5 Å². The molecule has 0 unspecified atom stereocenters. The van der Waals surface area contributed by atoms with E-state index < -0.39 is 17.7 Å². The summed E-state index contributed by atoms with van der Waals surface area (Å²) in [5.41, 5.74) is 1.26. The maximum Gasteiger partial charge on any atom is 0.394 e. The Labute approximate surface area is 208 Å². The summed E-state index contributed by atoms with van der Waals surface area (Å²) in [7, 11) is 0. The van der Waals surface area contributed by atoms with Crippen molar-refractivity contribution in [3.8, 4) is 11.5 Å². The Morgan fingerprint density at radius 3 is 1.94 bits per heavy atom. The molecule has 1 aromatic heterocycles. The number of carbonyl (C=O) groups is 1. The summed E-state index contributed by atoms with van der Waals surface area (Å²) < 4.78 is 36.4. The normalized spacial score (nSPS) is 11.7. The highest BCUT2D eigenvalue weighted by Crippen LogP contribution is 2.24. The molecular weight excluding hydrogens is 470 g/mol. The number of hydrogen-bond acceptors (Lipinski definition) is 6. The van der Waals surface area contributed by atoms with Crippen molar-refractivity contribution in [2.24, 2.45) is 0 Å². The third-order valence-corrected chi connectivity index (χ3v) is 5.39. The molecule has 7 nitrogen and oxygen atoms in total. The van der Waals surface area contributed by atoms with Crippen molar-refractivity contribution in [1.29, 1.82) is 0 Å². The van der Waals surface area contributed by atoms with Gasteiger partial charge in [0.05, 0.1) is 6.61 Å². The fraction of sp³-hybridized carbons (Fsp3) is 0.333. The molecule has 0 bridgehead atoms. The Hall–Kier alpha value is -3.72. The predicted octanol–water partition coefficient (Wildman–Crippen LogP) is 5.06. The first-order valence-electron chi connectivity index (χ1n) is 11.4. The van der Waals surface area contributed by atoms with Gasteiger partial charge in [0, 0.05) is 26.2 Å². The molecule has 2 N–H and O–H groups in total. The van der Waals surface area contributed by atoms with Crippen molar-refractivity contribution in [1.82, 2.24) is 4.98 Å².